The van der Waals surface area contributed by atoms with Gasteiger partial charge in [-0.2, -0.15) is 0 Å². The minimum absolute atomic E-state index is 0.142. The molecule has 1 aromatic heterocycles. The lowest BCUT2D eigenvalue weighted by molar-refractivity contribution is -0.135. The molecule has 1 aliphatic rings. The van der Waals surface area contributed by atoms with Crippen molar-refractivity contribution >= 4 is 17.4 Å². The molecular weight excluding hydrogens is 270 g/mol. The fourth-order valence-corrected chi connectivity index (χ4v) is 2.75. The van der Waals surface area contributed by atoms with E-state index in [4.69, 9.17) is 4.42 Å². The number of carbonyl (C=O) groups is 2. The summed E-state index contributed by atoms with van der Waals surface area (Å²) in [6.07, 6.45) is 1.06. The van der Waals surface area contributed by atoms with Gasteiger partial charge in [-0.3, -0.25) is 9.59 Å². The minimum Gasteiger partial charge on any atom is -0.461 e. The fraction of sp³-hybridized carbons (Fsp3) is 0.250. The van der Waals surface area contributed by atoms with E-state index < -0.39 is 17.3 Å². The number of hydrogen-bond acceptors (Lipinski definition) is 4. The third-order valence-electron chi connectivity index (χ3n) is 3.77. The van der Waals surface area contributed by atoms with Crippen molar-refractivity contribution in [3.8, 4) is 0 Å². The number of anilines is 1. The molecule has 1 atom stereocenters. The van der Waals surface area contributed by atoms with Crippen LogP contribution in [0.4, 0.5) is 5.69 Å². The fourth-order valence-electron chi connectivity index (χ4n) is 2.75. The maximum absolute atomic E-state index is 12.5. The molecule has 1 aromatic carbocycles. The van der Waals surface area contributed by atoms with E-state index in [9.17, 15) is 14.7 Å². The van der Waals surface area contributed by atoms with E-state index in [1.165, 1.54) is 17.2 Å². The van der Waals surface area contributed by atoms with Gasteiger partial charge in [0.05, 0.1) is 18.4 Å². The van der Waals surface area contributed by atoms with Gasteiger partial charge >= 0.3 is 0 Å². The molecule has 0 aliphatic carbocycles. The minimum atomic E-state index is -1.82. The van der Waals surface area contributed by atoms with Crippen molar-refractivity contribution in [2.24, 2.45) is 0 Å². The summed E-state index contributed by atoms with van der Waals surface area (Å²) in [6.45, 7) is 2.27. The van der Waals surface area contributed by atoms with E-state index in [-0.39, 0.29) is 12.2 Å². The third-order valence-corrected chi connectivity index (χ3v) is 3.77. The second-order valence-corrected chi connectivity index (χ2v) is 5.00. The van der Waals surface area contributed by atoms with Crippen molar-refractivity contribution in [3.63, 3.8) is 0 Å². The molecule has 0 saturated carbocycles. The van der Waals surface area contributed by atoms with Gasteiger partial charge in [0.1, 0.15) is 0 Å². The zero-order chi connectivity index (χ0) is 15.0. The number of Topliss-reactive ketones (excluding diaryl/α,β-unsaturated/α-hetero) is 1. The number of likely N-dealkylation sites (N-methyl/N-ethyl adjacent to an activating group) is 1. The highest BCUT2D eigenvalue weighted by Crippen LogP contribution is 2.42. The first-order valence-corrected chi connectivity index (χ1v) is 6.78. The van der Waals surface area contributed by atoms with Gasteiger partial charge in [0.25, 0.3) is 5.91 Å². The Bertz CT molecular complexity index is 692. The molecule has 0 bridgehead atoms. The third kappa shape index (κ3) is 1.97. The standard InChI is InChI=1S/C16H15NO4/c1-2-17-12-7-4-3-6-11(12)16(20,15(17)19)10-13(18)14-8-5-9-21-14/h3-9,20H,2,10H2,1H3/t16-/m0/s1. The molecule has 2 heterocycles. The molecule has 0 saturated heterocycles. The van der Waals surface area contributed by atoms with Crippen molar-refractivity contribution in [1.82, 2.24) is 0 Å². The van der Waals surface area contributed by atoms with Crippen molar-refractivity contribution in [2.75, 3.05) is 11.4 Å². The molecule has 1 amide bonds. The predicted octanol–water partition coefficient (Wildman–Crippen LogP) is 2.11. The first kappa shape index (κ1) is 13.6. The largest absolute Gasteiger partial charge is 0.461 e. The van der Waals surface area contributed by atoms with E-state index in [0.717, 1.165) is 0 Å². The zero-order valence-electron chi connectivity index (χ0n) is 11.6. The van der Waals surface area contributed by atoms with Gasteiger partial charge in [-0.15, -0.1) is 0 Å². The molecule has 108 valence electrons. The molecule has 5 heteroatoms. The Morgan fingerprint density at radius 2 is 2.05 bits per heavy atom. The Kier molecular flexibility index (Phi) is 3.14. The van der Waals surface area contributed by atoms with Gasteiger partial charge in [0, 0.05) is 12.1 Å². The molecule has 0 unspecified atom stereocenters. The van der Waals surface area contributed by atoms with Gasteiger partial charge in [-0.1, -0.05) is 18.2 Å². The molecule has 0 fully saturated rings. The molecule has 1 aliphatic heterocycles. The number of carbonyl (C=O) groups excluding carboxylic acids is 2. The van der Waals surface area contributed by atoms with E-state index >= 15 is 0 Å². The van der Waals surface area contributed by atoms with E-state index in [1.807, 2.05) is 6.92 Å². The summed E-state index contributed by atoms with van der Waals surface area (Å²) in [5.41, 5.74) is -0.701. The quantitative estimate of drug-likeness (QED) is 0.873. The number of rotatable bonds is 4. The van der Waals surface area contributed by atoms with Crippen LogP contribution >= 0.6 is 0 Å². The predicted molar refractivity (Wildman–Crippen MR) is 76.0 cm³/mol. The number of aliphatic hydroxyl groups is 1. The lowest BCUT2D eigenvalue weighted by atomic mass is 9.89. The van der Waals surface area contributed by atoms with Crippen LogP contribution in [-0.4, -0.2) is 23.3 Å². The topological polar surface area (TPSA) is 70.8 Å². The monoisotopic (exact) mass is 285 g/mol. The summed E-state index contributed by atoms with van der Waals surface area (Å²) in [5, 5.41) is 10.8. The summed E-state index contributed by atoms with van der Waals surface area (Å²) in [5.74, 6) is -0.724. The van der Waals surface area contributed by atoms with Crippen molar-refractivity contribution in [3.05, 3.63) is 54.0 Å². The molecule has 5 nitrogen and oxygen atoms in total. The molecule has 3 rings (SSSR count). The Labute approximate surface area is 121 Å². The van der Waals surface area contributed by atoms with E-state index in [0.29, 0.717) is 17.8 Å². The van der Waals surface area contributed by atoms with Crippen molar-refractivity contribution in [2.45, 2.75) is 18.9 Å². The highest BCUT2D eigenvalue weighted by molar-refractivity contribution is 6.10. The van der Waals surface area contributed by atoms with Crippen LogP contribution in [0.3, 0.4) is 0 Å². The number of para-hydroxylation sites is 1. The molecule has 2 aromatic rings. The van der Waals surface area contributed by atoms with E-state index in [2.05, 4.69) is 0 Å². The van der Waals surface area contributed by atoms with Crippen LogP contribution in [0.2, 0.25) is 0 Å². The first-order chi connectivity index (χ1) is 10.1. The van der Waals surface area contributed by atoms with Gasteiger partial charge in [-0.05, 0) is 25.1 Å². The second kappa shape index (κ2) is 4.86. The number of hydrogen-bond donors (Lipinski definition) is 1. The van der Waals surface area contributed by atoms with Gasteiger partial charge in [-0.25, -0.2) is 0 Å². The molecule has 1 N–H and O–H groups in total. The first-order valence-electron chi connectivity index (χ1n) is 6.78. The second-order valence-electron chi connectivity index (χ2n) is 5.00. The summed E-state index contributed by atoms with van der Waals surface area (Å²) in [6, 6.07) is 10.1. The lowest BCUT2D eigenvalue weighted by Crippen LogP contribution is -2.41. The van der Waals surface area contributed by atoms with Crippen LogP contribution in [0.1, 0.15) is 29.5 Å². The van der Waals surface area contributed by atoms with Crippen LogP contribution in [-0.2, 0) is 10.4 Å². The maximum atomic E-state index is 12.5. The highest BCUT2D eigenvalue weighted by Gasteiger charge is 2.50. The smallest absolute Gasteiger partial charge is 0.264 e. The normalized spacial score (nSPS) is 20.7. The van der Waals surface area contributed by atoms with Gasteiger partial charge in [0.2, 0.25) is 5.78 Å². The van der Waals surface area contributed by atoms with E-state index in [1.54, 1.807) is 30.3 Å². The summed E-state index contributed by atoms with van der Waals surface area (Å²) >= 11 is 0. The number of fused-ring (bicyclic) bond motifs is 1. The highest BCUT2D eigenvalue weighted by atomic mass is 16.3. The number of benzene rings is 1. The number of furan rings is 1. The summed E-state index contributed by atoms with van der Waals surface area (Å²) < 4.78 is 5.04. The van der Waals surface area contributed by atoms with Crippen LogP contribution in [0.25, 0.3) is 0 Å². The van der Waals surface area contributed by atoms with Crippen molar-refractivity contribution < 1.29 is 19.1 Å². The molecular formula is C16H15NO4. The van der Waals surface area contributed by atoms with Crippen LogP contribution in [0.15, 0.2) is 47.1 Å². The lowest BCUT2D eigenvalue weighted by Gasteiger charge is -2.21. The SMILES string of the molecule is CCN1C(=O)[C@](O)(CC(=O)c2ccco2)c2ccccc21. The van der Waals surface area contributed by atoms with Crippen molar-refractivity contribution in [1.29, 1.82) is 0 Å². The van der Waals surface area contributed by atoms with Gasteiger partial charge in [0.15, 0.2) is 11.4 Å². The summed E-state index contributed by atoms with van der Waals surface area (Å²) in [4.78, 5) is 26.2. The average Bonchev–Trinajstić information content (AvgIpc) is 3.08. The molecule has 0 radical (unpaired) electrons. The number of nitrogens with zero attached hydrogens (tertiary/aromatic N) is 1. The molecule has 0 spiro atoms. The van der Waals surface area contributed by atoms with Crippen LogP contribution in [0.5, 0.6) is 0 Å². The van der Waals surface area contributed by atoms with Gasteiger partial charge < -0.3 is 14.4 Å². The Balaban J connectivity index is 2.00. The van der Waals surface area contributed by atoms with Crippen LogP contribution in [0, 0.1) is 0 Å². The Morgan fingerprint density at radius 1 is 1.29 bits per heavy atom. The van der Waals surface area contributed by atoms with Crippen LogP contribution < -0.4 is 4.90 Å². The Hall–Kier alpha value is -2.40. The zero-order valence-corrected chi connectivity index (χ0v) is 11.6. The number of ketones is 1. The summed E-state index contributed by atoms with van der Waals surface area (Å²) in [7, 11) is 0. The average molecular weight is 285 g/mol. The Morgan fingerprint density at radius 3 is 2.71 bits per heavy atom. The maximum Gasteiger partial charge on any atom is 0.264 e. The molecule has 21 heavy (non-hydrogen) atoms. The number of amides is 1.